The second-order valence-electron chi connectivity index (χ2n) is 9.67. The molecule has 5 nitrogen and oxygen atoms in total. The number of unbranched alkanes of at least 4 members (excludes halogenated alkanes) is 2. The van der Waals surface area contributed by atoms with Gasteiger partial charge in [-0.05, 0) is 42.7 Å². The van der Waals surface area contributed by atoms with Crippen molar-refractivity contribution in [3.8, 4) is 0 Å². The highest BCUT2D eigenvalue weighted by Gasteiger charge is 2.49. The van der Waals surface area contributed by atoms with Gasteiger partial charge in [-0.1, -0.05) is 39.5 Å². The maximum Gasteiger partial charge on any atom is 0.179 e. The molecule has 2 atom stereocenters. The Morgan fingerprint density at radius 2 is 1.76 bits per heavy atom. The predicted octanol–water partition coefficient (Wildman–Crippen LogP) is 1.23. The fraction of sp³-hybridized carbons (Fsp3) is 0.577. The van der Waals surface area contributed by atoms with E-state index in [2.05, 4.69) is 13.8 Å². The van der Waals surface area contributed by atoms with Gasteiger partial charge in [0, 0.05) is 42.7 Å². The Morgan fingerprint density at radius 1 is 1.12 bits per heavy atom. The molecule has 2 aromatic rings. The number of benzene rings is 1. The van der Waals surface area contributed by atoms with Crippen LogP contribution in [0.3, 0.4) is 0 Å². The van der Waals surface area contributed by atoms with Gasteiger partial charge in [-0.2, -0.15) is 0 Å². The molecule has 0 aliphatic carbocycles. The molecule has 7 heteroatoms. The maximum atomic E-state index is 13.8. The number of hydrogen-bond acceptors (Lipinski definition) is 4. The Kier molecular flexibility index (Phi) is 9.77. The minimum atomic E-state index is -3.56. The SMILES string of the molecule is CCCCC1(CCCC)CS(=O)(=O)c2ccc(N(C)C)cc2[C@@H](c2ccc[n+](C)c2)[C@H]1O.[I-]. The van der Waals surface area contributed by atoms with Crippen molar-refractivity contribution < 1.29 is 42.1 Å². The lowest BCUT2D eigenvalue weighted by Gasteiger charge is -2.40. The van der Waals surface area contributed by atoms with Crippen LogP contribution in [0.1, 0.15) is 69.4 Å². The van der Waals surface area contributed by atoms with E-state index >= 15 is 0 Å². The summed E-state index contributed by atoms with van der Waals surface area (Å²) in [5.74, 6) is -0.395. The minimum absolute atomic E-state index is 0. The van der Waals surface area contributed by atoms with Crippen molar-refractivity contribution in [1.82, 2.24) is 0 Å². The summed E-state index contributed by atoms with van der Waals surface area (Å²) in [4.78, 5) is 2.35. The highest BCUT2D eigenvalue weighted by Crippen LogP contribution is 2.49. The first-order chi connectivity index (χ1) is 15.1. The van der Waals surface area contributed by atoms with E-state index in [-0.39, 0.29) is 29.7 Å². The highest BCUT2D eigenvalue weighted by molar-refractivity contribution is 7.91. The maximum absolute atomic E-state index is 13.8. The molecule has 1 aromatic heterocycles. The number of aromatic nitrogens is 1. The van der Waals surface area contributed by atoms with Gasteiger partial charge in [-0.15, -0.1) is 0 Å². The van der Waals surface area contributed by atoms with Crippen LogP contribution in [0.15, 0.2) is 47.6 Å². The van der Waals surface area contributed by atoms with Crippen molar-refractivity contribution in [1.29, 1.82) is 0 Å². The van der Waals surface area contributed by atoms with E-state index in [1.807, 2.05) is 67.3 Å². The Labute approximate surface area is 217 Å². The number of aliphatic hydroxyl groups is 1. The number of sulfone groups is 1. The molecule has 0 unspecified atom stereocenters. The smallest absolute Gasteiger partial charge is 0.179 e. The zero-order chi connectivity index (χ0) is 23.5. The van der Waals surface area contributed by atoms with E-state index in [9.17, 15) is 13.5 Å². The third-order valence-corrected chi connectivity index (χ3v) is 8.98. The van der Waals surface area contributed by atoms with Gasteiger partial charge in [0.1, 0.15) is 7.05 Å². The van der Waals surface area contributed by atoms with Gasteiger partial charge in [-0.3, -0.25) is 0 Å². The van der Waals surface area contributed by atoms with Crippen molar-refractivity contribution in [2.45, 2.75) is 69.3 Å². The Morgan fingerprint density at radius 3 is 2.30 bits per heavy atom. The number of halogens is 1. The van der Waals surface area contributed by atoms with E-state index in [1.54, 1.807) is 6.07 Å². The van der Waals surface area contributed by atoms with Crippen LogP contribution in [0.5, 0.6) is 0 Å². The first-order valence-corrected chi connectivity index (χ1v) is 13.5. The number of hydrogen-bond donors (Lipinski definition) is 1. The lowest BCUT2D eigenvalue weighted by Crippen LogP contribution is -3.00. The summed E-state index contributed by atoms with van der Waals surface area (Å²) >= 11 is 0. The molecule has 1 aliphatic rings. The van der Waals surface area contributed by atoms with Crippen molar-refractivity contribution in [3.63, 3.8) is 0 Å². The van der Waals surface area contributed by atoms with E-state index in [0.717, 1.165) is 36.9 Å². The average Bonchev–Trinajstić information content (AvgIpc) is 2.82. The number of nitrogens with zero attached hydrogens (tertiary/aromatic N) is 2. The zero-order valence-electron chi connectivity index (χ0n) is 20.6. The number of anilines is 1. The fourth-order valence-electron chi connectivity index (χ4n) is 5.19. The molecule has 0 radical (unpaired) electrons. The summed E-state index contributed by atoms with van der Waals surface area (Å²) < 4.78 is 29.5. The largest absolute Gasteiger partial charge is 1.00 e. The number of fused-ring (bicyclic) bond motifs is 1. The molecule has 1 N–H and O–H groups in total. The summed E-state index contributed by atoms with van der Waals surface area (Å²) in [5, 5.41) is 12.1. The molecule has 0 amide bonds. The van der Waals surface area contributed by atoms with Crippen molar-refractivity contribution >= 4 is 15.5 Å². The molecule has 0 spiro atoms. The van der Waals surface area contributed by atoms with Gasteiger partial charge in [0.15, 0.2) is 22.2 Å². The molecule has 2 heterocycles. The normalized spacial score (nSPS) is 20.9. The monoisotopic (exact) mass is 586 g/mol. The fourth-order valence-corrected chi connectivity index (χ4v) is 7.38. The third-order valence-electron chi connectivity index (χ3n) is 6.98. The molecule has 3 rings (SSSR count). The molecule has 184 valence electrons. The summed E-state index contributed by atoms with van der Waals surface area (Å²) in [6.07, 6.45) is 8.39. The number of aryl methyl sites for hydroxylation is 1. The molecule has 0 saturated heterocycles. The second-order valence-corrected chi connectivity index (χ2v) is 11.6. The zero-order valence-corrected chi connectivity index (χ0v) is 23.6. The quantitative estimate of drug-likeness (QED) is 0.374. The third kappa shape index (κ3) is 5.90. The summed E-state index contributed by atoms with van der Waals surface area (Å²) in [5.41, 5.74) is 1.94. The molecule has 0 bridgehead atoms. The molecule has 1 aliphatic heterocycles. The van der Waals surface area contributed by atoms with Gasteiger partial charge in [0.05, 0.1) is 16.8 Å². The van der Waals surface area contributed by atoms with Gasteiger partial charge < -0.3 is 34.0 Å². The van der Waals surface area contributed by atoms with Crippen molar-refractivity contribution in [2.75, 3.05) is 24.7 Å². The first-order valence-electron chi connectivity index (χ1n) is 11.8. The topological polar surface area (TPSA) is 61.5 Å². The van der Waals surface area contributed by atoms with Crippen LogP contribution in [0.25, 0.3) is 0 Å². The summed E-state index contributed by atoms with van der Waals surface area (Å²) in [6.45, 7) is 4.25. The average molecular weight is 587 g/mol. The highest BCUT2D eigenvalue weighted by atomic mass is 127. The van der Waals surface area contributed by atoms with Crippen LogP contribution >= 0.6 is 0 Å². The van der Waals surface area contributed by atoms with Gasteiger partial charge in [0.25, 0.3) is 0 Å². The predicted molar refractivity (Wildman–Crippen MR) is 130 cm³/mol. The van der Waals surface area contributed by atoms with E-state index < -0.39 is 27.3 Å². The van der Waals surface area contributed by atoms with Gasteiger partial charge >= 0.3 is 0 Å². The molecular formula is C26H39IN2O3S. The van der Waals surface area contributed by atoms with E-state index in [1.165, 1.54) is 0 Å². The number of rotatable bonds is 8. The van der Waals surface area contributed by atoms with Gasteiger partial charge in [-0.25, -0.2) is 13.0 Å². The van der Waals surface area contributed by atoms with Crippen LogP contribution in [0.2, 0.25) is 0 Å². The molecular weight excluding hydrogens is 547 g/mol. The second kappa shape index (κ2) is 11.5. The van der Waals surface area contributed by atoms with Crippen LogP contribution < -0.4 is 33.4 Å². The summed E-state index contributed by atoms with van der Waals surface area (Å²) in [6, 6.07) is 9.57. The van der Waals surface area contributed by atoms with Crippen LogP contribution in [0.4, 0.5) is 5.69 Å². The lowest BCUT2D eigenvalue weighted by molar-refractivity contribution is -0.672. The molecule has 0 fully saturated rings. The minimum Gasteiger partial charge on any atom is -1.00 e. The first kappa shape index (κ1) is 28.1. The van der Waals surface area contributed by atoms with E-state index in [0.29, 0.717) is 23.3 Å². The van der Waals surface area contributed by atoms with Gasteiger partial charge in [0.2, 0.25) is 0 Å². The lowest BCUT2D eigenvalue weighted by atomic mass is 9.68. The van der Waals surface area contributed by atoms with Crippen LogP contribution in [0, 0.1) is 5.41 Å². The standard InChI is InChI=1S/C26H39N2O3S.HI/c1-6-8-14-26(15-9-7-2)19-32(30,31)23-13-12-21(27(3)4)17-22(23)24(25(26)29)20-11-10-16-28(5)18-20;/h10-13,16-18,24-25,29H,6-9,14-15,19H2,1-5H3;1H/q+1;/p-1/t24-,25-;/m1./s1. The van der Waals surface area contributed by atoms with Crippen molar-refractivity contribution in [2.24, 2.45) is 12.5 Å². The Hall–Kier alpha value is -1.19. The molecule has 0 saturated carbocycles. The molecule has 33 heavy (non-hydrogen) atoms. The van der Waals surface area contributed by atoms with Crippen LogP contribution in [-0.4, -0.2) is 39.5 Å². The van der Waals surface area contributed by atoms with Crippen molar-refractivity contribution in [3.05, 3.63) is 53.9 Å². The molecule has 1 aromatic carbocycles. The number of aliphatic hydroxyl groups excluding tert-OH is 1. The number of pyridine rings is 1. The Bertz CT molecular complexity index is 1030. The Balaban J connectivity index is 0.00000385. The summed E-state index contributed by atoms with van der Waals surface area (Å²) in [7, 11) is 2.31. The van der Waals surface area contributed by atoms with E-state index in [4.69, 9.17) is 0 Å². The van der Waals surface area contributed by atoms with Crippen LogP contribution in [-0.2, 0) is 16.9 Å².